The van der Waals surface area contributed by atoms with Crippen molar-refractivity contribution in [2.75, 3.05) is 5.43 Å². The van der Waals surface area contributed by atoms with Crippen LogP contribution < -0.4 is 10.2 Å². The van der Waals surface area contributed by atoms with Gasteiger partial charge >= 0.3 is 0 Å². The zero-order valence-electron chi connectivity index (χ0n) is 13.1. The van der Waals surface area contributed by atoms with E-state index in [2.05, 4.69) is 15.5 Å². The van der Waals surface area contributed by atoms with E-state index in [0.29, 0.717) is 12.4 Å². The normalized spacial score (nSPS) is 10.9. The van der Waals surface area contributed by atoms with Gasteiger partial charge in [-0.05, 0) is 36.8 Å². The molecular weight excluding hydrogens is 325 g/mol. The number of rotatable bonds is 6. The van der Waals surface area contributed by atoms with Gasteiger partial charge in [-0.25, -0.2) is 9.37 Å². The van der Waals surface area contributed by atoms with E-state index in [9.17, 15) is 4.39 Å². The quantitative estimate of drug-likeness (QED) is 0.526. The lowest BCUT2D eigenvalue weighted by Crippen LogP contribution is -1.99. The molecule has 0 bridgehead atoms. The van der Waals surface area contributed by atoms with Crippen LogP contribution in [0.2, 0.25) is 0 Å². The molecule has 1 aromatic heterocycles. The molecule has 0 aliphatic rings. The van der Waals surface area contributed by atoms with E-state index in [0.717, 1.165) is 22.0 Å². The van der Waals surface area contributed by atoms with Gasteiger partial charge in [-0.15, -0.1) is 11.3 Å². The van der Waals surface area contributed by atoms with E-state index in [1.54, 1.807) is 18.3 Å². The standard InChI is InChI=1S/C18H16FN3OS/c1-13-12-24-18(21-13)22-20-10-15-4-2-3-5-17(15)23-11-14-6-8-16(19)9-7-14/h2-10,12H,11H2,1H3,(H,21,22)/b20-10-. The van der Waals surface area contributed by atoms with Gasteiger partial charge in [0.2, 0.25) is 5.13 Å². The second-order valence-corrected chi connectivity index (χ2v) is 5.98. The molecule has 4 nitrogen and oxygen atoms in total. The Balaban J connectivity index is 1.65. The van der Waals surface area contributed by atoms with Crippen LogP contribution in [0.3, 0.4) is 0 Å². The number of ether oxygens (including phenoxy) is 1. The number of anilines is 1. The number of hydrogen-bond acceptors (Lipinski definition) is 5. The van der Waals surface area contributed by atoms with Gasteiger partial charge in [0, 0.05) is 10.9 Å². The van der Waals surface area contributed by atoms with Crippen LogP contribution in [0.5, 0.6) is 5.75 Å². The van der Waals surface area contributed by atoms with Crippen LogP contribution in [0.1, 0.15) is 16.8 Å². The number of hydrogen-bond donors (Lipinski definition) is 1. The zero-order chi connectivity index (χ0) is 16.8. The summed E-state index contributed by atoms with van der Waals surface area (Å²) in [4.78, 5) is 4.28. The number of benzene rings is 2. The Morgan fingerprint density at radius 1 is 1.21 bits per heavy atom. The third-order valence-corrected chi connectivity index (χ3v) is 4.07. The Morgan fingerprint density at radius 2 is 2.00 bits per heavy atom. The Hall–Kier alpha value is -2.73. The molecule has 122 valence electrons. The number of para-hydroxylation sites is 1. The second-order valence-electron chi connectivity index (χ2n) is 5.12. The van der Waals surface area contributed by atoms with Crippen LogP contribution in [0.4, 0.5) is 9.52 Å². The van der Waals surface area contributed by atoms with E-state index < -0.39 is 0 Å². The summed E-state index contributed by atoms with van der Waals surface area (Å²) in [5.41, 5.74) is 5.61. The number of aromatic nitrogens is 1. The first-order valence-corrected chi connectivity index (χ1v) is 8.26. The maximum absolute atomic E-state index is 12.9. The maximum Gasteiger partial charge on any atom is 0.203 e. The van der Waals surface area contributed by atoms with Gasteiger partial charge in [-0.3, -0.25) is 5.43 Å². The summed E-state index contributed by atoms with van der Waals surface area (Å²) >= 11 is 1.50. The smallest absolute Gasteiger partial charge is 0.203 e. The lowest BCUT2D eigenvalue weighted by atomic mass is 10.2. The fourth-order valence-corrected chi connectivity index (χ4v) is 2.66. The van der Waals surface area contributed by atoms with Crippen LogP contribution in [0, 0.1) is 12.7 Å². The highest BCUT2D eigenvalue weighted by Crippen LogP contribution is 2.18. The van der Waals surface area contributed by atoms with Gasteiger partial charge < -0.3 is 4.74 Å². The molecule has 6 heteroatoms. The molecule has 0 radical (unpaired) electrons. The predicted molar refractivity (Wildman–Crippen MR) is 95.2 cm³/mol. The predicted octanol–water partition coefficient (Wildman–Crippen LogP) is 4.62. The van der Waals surface area contributed by atoms with Crippen molar-refractivity contribution >= 4 is 22.7 Å². The number of halogens is 1. The molecule has 0 unspecified atom stereocenters. The number of hydrazone groups is 1. The van der Waals surface area contributed by atoms with Crippen molar-refractivity contribution in [3.63, 3.8) is 0 Å². The molecular formula is C18H16FN3OS. The lowest BCUT2D eigenvalue weighted by Gasteiger charge is -2.09. The summed E-state index contributed by atoms with van der Waals surface area (Å²) in [6, 6.07) is 13.9. The Kier molecular flexibility index (Phi) is 5.18. The molecule has 3 aromatic rings. The second kappa shape index (κ2) is 7.70. The third kappa shape index (κ3) is 4.39. The Morgan fingerprint density at radius 3 is 2.75 bits per heavy atom. The Labute approximate surface area is 143 Å². The van der Waals surface area contributed by atoms with Crippen LogP contribution in [0.25, 0.3) is 0 Å². The van der Waals surface area contributed by atoms with E-state index in [-0.39, 0.29) is 5.82 Å². The molecule has 0 aliphatic carbocycles. The third-order valence-electron chi connectivity index (χ3n) is 3.21. The van der Waals surface area contributed by atoms with Crippen molar-refractivity contribution in [3.8, 4) is 5.75 Å². The molecule has 3 rings (SSSR count). The molecule has 0 spiro atoms. The first kappa shape index (κ1) is 16.1. The summed E-state index contributed by atoms with van der Waals surface area (Å²) in [7, 11) is 0. The average Bonchev–Trinajstić information content (AvgIpc) is 3.01. The summed E-state index contributed by atoms with van der Waals surface area (Å²) in [5.74, 6) is 0.456. The minimum Gasteiger partial charge on any atom is -0.488 e. The molecule has 0 atom stereocenters. The van der Waals surface area contributed by atoms with Gasteiger partial charge in [0.1, 0.15) is 18.2 Å². The minimum atomic E-state index is -0.255. The van der Waals surface area contributed by atoms with Crippen LogP contribution in [0.15, 0.2) is 59.0 Å². The topological polar surface area (TPSA) is 46.5 Å². The number of nitrogens with zero attached hydrogens (tertiary/aromatic N) is 2. The molecule has 1 N–H and O–H groups in total. The van der Waals surface area contributed by atoms with Crippen LogP contribution in [-0.2, 0) is 6.61 Å². The minimum absolute atomic E-state index is 0.255. The highest BCUT2D eigenvalue weighted by molar-refractivity contribution is 7.13. The van der Waals surface area contributed by atoms with Crippen molar-refractivity contribution < 1.29 is 9.13 Å². The summed E-state index contributed by atoms with van der Waals surface area (Å²) in [6.45, 7) is 2.30. The van der Waals surface area contributed by atoms with Gasteiger partial charge in [0.15, 0.2) is 0 Å². The molecule has 1 heterocycles. The van der Waals surface area contributed by atoms with E-state index in [1.165, 1.54) is 23.5 Å². The van der Waals surface area contributed by atoms with Gasteiger partial charge in [0.05, 0.1) is 11.9 Å². The SMILES string of the molecule is Cc1csc(N/N=C\c2ccccc2OCc2ccc(F)cc2)n1. The average molecular weight is 341 g/mol. The molecule has 0 saturated carbocycles. The highest BCUT2D eigenvalue weighted by atomic mass is 32.1. The van der Waals surface area contributed by atoms with E-state index >= 15 is 0 Å². The molecule has 0 fully saturated rings. The highest BCUT2D eigenvalue weighted by Gasteiger charge is 2.02. The number of thiazole rings is 1. The summed E-state index contributed by atoms with van der Waals surface area (Å²) < 4.78 is 18.7. The molecule has 24 heavy (non-hydrogen) atoms. The van der Waals surface area contributed by atoms with Crippen molar-refractivity contribution in [2.45, 2.75) is 13.5 Å². The first-order chi connectivity index (χ1) is 11.7. The van der Waals surface area contributed by atoms with E-state index in [1.807, 2.05) is 36.6 Å². The largest absolute Gasteiger partial charge is 0.488 e. The van der Waals surface area contributed by atoms with Crippen molar-refractivity contribution in [1.29, 1.82) is 0 Å². The Bertz CT molecular complexity index is 830. The van der Waals surface area contributed by atoms with Gasteiger partial charge in [-0.2, -0.15) is 5.10 Å². The summed E-state index contributed by atoms with van der Waals surface area (Å²) in [5, 5.41) is 6.90. The zero-order valence-corrected chi connectivity index (χ0v) is 13.9. The van der Waals surface area contributed by atoms with E-state index in [4.69, 9.17) is 4.74 Å². The monoisotopic (exact) mass is 341 g/mol. The molecule has 0 amide bonds. The molecule has 0 saturated heterocycles. The molecule has 2 aromatic carbocycles. The van der Waals surface area contributed by atoms with Crippen LogP contribution >= 0.6 is 11.3 Å². The number of aryl methyl sites for hydroxylation is 1. The summed E-state index contributed by atoms with van der Waals surface area (Å²) in [6.07, 6.45) is 1.69. The van der Waals surface area contributed by atoms with Gasteiger partial charge in [0.25, 0.3) is 0 Å². The lowest BCUT2D eigenvalue weighted by molar-refractivity contribution is 0.305. The first-order valence-electron chi connectivity index (χ1n) is 7.38. The fraction of sp³-hybridized carbons (Fsp3) is 0.111. The number of nitrogens with one attached hydrogen (secondary N) is 1. The van der Waals surface area contributed by atoms with Crippen molar-refractivity contribution in [2.24, 2.45) is 5.10 Å². The van der Waals surface area contributed by atoms with Gasteiger partial charge in [-0.1, -0.05) is 24.3 Å². The van der Waals surface area contributed by atoms with Crippen molar-refractivity contribution in [3.05, 3.63) is 76.5 Å². The van der Waals surface area contributed by atoms with Crippen molar-refractivity contribution in [1.82, 2.24) is 4.98 Å². The fourth-order valence-electron chi connectivity index (χ4n) is 2.02. The molecule has 0 aliphatic heterocycles. The van der Waals surface area contributed by atoms with Crippen LogP contribution in [-0.4, -0.2) is 11.2 Å². The maximum atomic E-state index is 12.9.